The number of aliphatic hydroxyl groups excluding tert-OH is 4. The molecule has 4 N–H and O–H groups in total. The van der Waals surface area contributed by atoms with Gasteiger partial charge in [0.05, 0.1) is 25.4 Å². The summed E-state index contributed by atoms with van der Waals surface area (Å²) < 4.78 is 0. The molecule has 2 unspecified atom stereocenters. The molecule has 1 aliphatic carbocycles. The highest BCUT2D eigenvalue weighted by atomic mass is 16.3. The lowest BCUT2D eigenvalue weighted by Gasteiger charge is -2.22. The average Bonchev–Trinajstić information content (AvgIpc) is 2.29. The Morgan fingerprint density at radius 3 is 1.55 bits per heavy atom. The maximum Gasteiger partial charge on any atom is 0.0806 e. The lowest BCUT2D eigenvalue weighted by atomic mass is 9.88. The summed E-state index contributed by atoms with van der Waals surface area (Å²) in [7, 11) is 0. The van der Waals surface area contributed by atoms with Gasteiger partial charge in [0.1, 0.15) is 0 Å². The van der Waals surface area contributed by atoms with Crippen molar-refractivity contribution in [2.75, 3.05) is 13.2 Å². The van der Waals surface area contributed by atoms with E-state index in [4.69, 9.17) is 20.4 Å². The summed E-state index contributed by atoms with van der Waals surface area (Å²) in [5.41, 5.74) is -0.668. The van der Waals surface area contributed by atoms with Gasteiger partial charge in [-0.05, 0) is 12.8 Å². The smallest absolute Gasteiger partial charge is 0.0806 e. The minimum Gasteiger partial charge on any atom is -0.396 e. The highest BCUT2D eigenvalue weighted by molar-refractivity contribution is 4.93. The molecule has 0 amide bonds. The molecule has 1 fully saturated rings. The molecule has 4 nitrogen and oxygen atoms in total. The van der Waals surface area contributed by atoms with Crippen LogP contribution in [0.25, 0.3) is 0 Å². The van der Waals surface area contributed by atoms with Crippen LogP contribution in [-0.2, 0) is 0 Å². The fourth-order valence-corrected chi connectivity index (χ4v) is 1.55. The van der Waals surface area contributed by atoms with Crippen LogP contribution in [0.2, 0.25) is 0 Å². The highest BCUT2D eigenvalue weighted by Gasteiger charge is 2.43. The number of hydrogen-bond acceptors (Lipinski definition) is 4. The van der Waals surface area contributed by atoms with E-state index in [0.717, 1.165) is 0 Å². The molecule has 0 saturated heterocycles. The highest BCUT2D eigenvalue weighted by Crippen LogP contribution is 2.37. The normalized spacial score (nSPS) is 36.0. The molecule has 0 heterocycles. The second-order valence-corrected chi connectivity index (χ2v) is 3.36. The first-order valence-corrected chi connectivity index (χ1v) is 3.71. The van der Waals surface area contributed by atoms with E-state index in [9.17, 15) is 0 Å². The SMILES string of the molecule is OCC1(CO)CC(O)C(O)C1. The van der Waals surface area contributed by atoms with E-state index in [1.165, 1.54) is 0 Å². The lowest BCUT2D eigenvalue weighted by Crippen LogP contribution is -2.27. The first-order valence-electron chi connectivity index (χ1n) is 3.71. The zero-order chi connectivity index (χ0) is 8.48. The Labute approximate surface area is 65.1 Å². The third-order valence-electron chi connectivity index (χ3n) is 2.40. The molecule has 0 aromatic rings. The van der Waals surface area contributed by atoms with Crippen molar-refractivity contribution in [3.8, 4) is 0 Å². The first-order chi connectivity index (χ1) is 5.13. The van der Waals surface area contributed by atoms with Gasteiger partial charge in [-0.1, -0.05) is 0 Å². The van der Waals surface area contributed by atoms with Crippen LogP contribution in [0.1, 0.15) is 12.8 Å². The van der Waals surface area contributed by atoms with Crippen molar-refractivity contribution in [1.82, 2.24) is 0 Å². The van der Waals surface area contributed by atoms with Crippen molar-refractivity contribution < 1.29 is 20.4 Å². The second kappa shape index (κ2) is 3.06. The van der Waals surface area contributed by atoms with Gasteiger partial charge in [0, 0.05) is 5.41 Å². The molecule has 1 aliphatic rings. The van der Waals surface area contributed by atoms with Crippen molar-refractivity contribution in [2.24, 2.45) is 5.41 Å². The molecule has 0 radical (unpaired) electrons. The lowest BCUT2D eigenvalue weighted by molar-refractivity contribution is 0.0438. The summed E-state index contributed by atoms with van der Waals surface area (Å²) in [4.78, 5) is 0. The molecule has 2 atom stereocenters. The standard InChI is InChI=1S/C7H14O4/c8-3-7(4-9)1-5(10)6(11)2-7/h5-6,8-11H,1-4H2. The zero-order valence-electron chi connectivity index (χ0n) is 6.27. The van der Waals surface area contributed by atoms with Crippen LogP contribution in [0.4, 0.5) is 0 Å². The van der Waals surface area contributed by atoms with Gasteiger partial charge in [-0.3, -0.25) is 0 Å². The van der Waals surface area contributed by atoms with Crippen molar-refractivity contribution in [2.45, 2.75) is 25.0 Å². The summed E-state index contributed by atoms with van der Waals surface area (Å²) in [6.07, 6.45) is -1.04. The molecule has 0 aromatic heterocycles. The number of rotatable bonds is 2. The Hall–Kier alpha value is -0.160. The van der Waals surface area contributed by atoms with Gasteiger partial charge in [-0.2, -0.15) is 0 Å². The van der Waals surface area contributed by atoms with Gasteiger partial charge in [0.2, 0.25) is 0 Å². The van der Waals surface area contributed by atoms with Crippen LogP contribution < -0.4 is 0 Å². The Bertz CT molecular complexity index is 120. The summed E-state index contributed by atoms with van der Waals surface area (Å²) in [5, 5.41) is 36.0. The Morgan fingerprint density at radius 2 is 1.36 bits per heavy atom. The van der Waals surface area contributed by atoms with Crippen molar-refractivity contribution in [3.05, 3.63) is 0 Å². The first kappa shape index (κ1) is 8.93. The van der Waals surface area contributed by atoms with Crippen molar-refractivity contribution in [3.63, 3.8) is 0 Å². The molecule has 0 aliphatic heterocycles. The van der Waals surface area contributed by atoms with Crippen LogP contribution in [0.3, 0.4) is 0 Å². The van der Waals surface area contributed by atoms with Crippen LogP contribution in [0, 0.1) is 5.41 Å². The van der Waals surface area contributed by atoms with E-state index in [1.807, 2.05) is 0 Å². The van der Waals surface area contributed by atoms with Gasteiger partial charge < -0.3 is 20.4 Å². The predicted octanol–water partition coefficient (Wildman–Crippen LogP) is -1.53. The number of aliphatic hydroxyl groups is 4. The van der Waals surface area contributed by atoms with E-state index in [2.05, 4.69) is 0 Å². The fraction of sp³-hybridized carbons (Fsp3) is 1.00. The second-order valence-electron chi connectivity index (χ2n) is 3.36. The Kier molecular flexibility index (Phi) is 2.49. The Morgan fingerprint density at radius 1 is 1.00 bits per heavy atom. The monoisotopic (exact) mass is 162 g/mol. The maximum atomic E-state index is 9.12. The molecule has 0 bridgehead atoms. The van der Waals surface area contributed by atoms with E-state index in [0.29, 0.717) is 0 Å². The molecule has 1 rings (SSSR count). The quantitative estimate of drug-likeness (QED) is 0.397. The van der Waals surface area contributed by atoms with E-state index in [1.54, 1.807) is 0 Å². The molecular weight excluding hydrogens is 148 g/mol. The third-order valence-corrected chi connectivity index (χ3v) is 2.40. The minimum atomic E-state index is -0.797. The third kappa shape index (κ3) is 1.54. The van der Waals surface area contributed by atoms with Crippen LogP contribution in [0.5, 0.6) is 0 Å². The predicted molar refractivity (Wildman–Crippen MR) is 37.9 cm³/mol. The molecule has 4 heteroatoms. The van der Waals surface area contributed by atoms with Gasteiger partial charge in [0.25, 0.3) is 0 Å². The van der Waals surface area contributed by atoms with E-state index < -0.39 is 17.6 Å². The van der Waals surface area contributed by atoms with Crippen LogP contribution in [-0.4, -0.2) is 45.8 Å². The van der Waals surface area contributed by atoms with Gasteiger partial charge in [-0.15, -0.1) is 0 Å². The minimum absolute atomic E-state index is 0.183. The molecule has 11 heavy (non-hydrogen) atoms. The summed E-state index contributed by atoms with van der Waals surface area (Å²) in [6, 6.07) is 0. The summed E-state index contributed by atoms with van der Waals surface area (Å²) in [5.74, 6) is 0. The topological polar surface area (TPSA) is 80.9 Å². The zero-order valence-corrected chi connectivity index (χ0v) is 6.27. The molecule has 66 valence electrons. The summed E-state index contributed by atoms with van der Waals surface area (Å²) in [6.45, 7) is -0.366. The molecule has 1 saturated carbocycles. The summed E-state index contributed by atoms with van der Waals surface area (Å²) >= 11 is 0. The molecule has 0 aromatic carbocycles. The number of hydrogen-bond donors (Lipinski definition) is 4. The average molecular weight is 162 g/mol. The van der Waals surface area contributed by atoms with Crippen molar-refractivity contribution in [1.29, 1.82) is 0 Å². The fourth-order valence-electron chi connectivity index (χ4n) is 1.55. The Balaban J connectivity index is 2.61. The van der Waals surface area contributed by atoms with Gasteiger partial charge >= 0.3 is 0 Å². The van der Waals surface area contributed by atoms with Crippen LogP contribution in [0.15, 0.2) is 0 Å². The maximum absolute atomic E-state index is 9.12. The molecule has 0 spiro atoms. The van der Waals surface area contributed by atoms with E-state index >= 15 is 0 Å². The molecular formula is C7H14O4. The van der Waals surface area contributed by atoms with Gasteiger partial charge in [-0.25, -0.2) is 0 Å². The van der Waals surface area contributed by atoms with Crippen molar-refractivity contribution >= 4 is 0 Å². The van der Waals surface area contributed by atoms with E-state index in [-0.39, 0.29) is 26.1 Å². The largest absolute Gasteiger partial charge is 0.396 e. The van der Waals surface area contributed by atoms with Crippen LogP contribution >= 0.6 is 0 Å². The van der Waals surface area contributed by atoms with Gasteiger partial charge in [0.15, 0.2) is 0 Å².